The number of nitro benzene ring substituents is 1. The Hall–Kier alpha value is -2.34. The first kappa shape index (κ1) is 17.0. The highest BCUT2D eigenvalue weighted by molar-refractivity contribution is 6.33. The minimum atomic E-state index is -0.633. The predicted molar refractivity (Wildman–Crippen MR) is 88.8 cm³/mol. The normalized spacial score (nSPS) is 12.0. The Labute approximate surface area is 139 Å². The van der Waals surface area contributed by atoms with Gasteiger partial charge in [0, 0.05) is 25.0 Å². The van der Waals surface area contributed by atoms with Crippen molar-refractivity contribution in [1.82, 2.24) is 9.88 Å². The minimum absolute atomic E-state index is 0.0202. The molecule has 1 aromatic heterocycles. The summed E-state index contributed by atoms with van der Waals surface area (Å²) in [6, 6.07) is 8.21. The van der Waals surface area contributed by atoms with Crippen LogP contribution in [0.2, 0.25) is 5.02 Å². The number of benzene rings is 1. The van der Waals surface area contributed by atoms with Gasteiger partial charge in [-0.1, -0.05) is 17.7 Å². The quantitative estimate of drug-likeness (QED) is 0.649. The third-order valence-electron chi connectivity index (χ3n) is 3.68. The van der Waals surface area contributed by atoms with Crippen molar-refractivity contribution in [2.45, 2.75) is 25.8 Å². The van der Waals surface area contributed by atoms with E-state index in [1.54, 1.807) is 0 Å². The number of aryl methyl sites for hydroxylation is 2. The molecule has 0 saturated carbocycles. The summed E-state index contributed by atoms with van der Waals surface area (Å²) < 4.78 is 2.02. The van der Waals surface area contributed by atoms with Crippen LogP contribution in [0.3, 0.4) is 0 Å². The number of aromatic nitrogens is 1. The number of nitrogens with one attached hydrogen (secondary N) is 1. The maximum absolute atomic E-state index is 12.3. The molecule has 2 rings (SSSR count). The van der Waals surface area contributed by atoms with Crippen molar-refractivity contribution in [3.8, 4) is 0 Å². The molecule has 0 aliphatic rings. The van der Waals surface area contributed by atoms with Gasteiger partial charge in [-0.05, 0) is 44.0 Å². The second-order valence-corrected chi connectivity index (χ2v) is 5.82. The van der Waals surface area contributed by atoms with Crippen LogP contribution in [0.4, 0.5) is 5.69 Å². The number of hydrogen-bond acceptors (Lipinski definition) is 3. The summed E-state index contributed by atoms with van der Waals surface area (Å²) in [4.78, 5) is 22.7. The van der Waals surface area contributed by atoms with Gasteiger partial charge in [0.25, 0.3) is 5.91 Å². The molecule has 1 heterocycles. The first-order valence-electron chi connectivity index (χ1n) is 7.24. The van der Waals surface area contributed by atoms with Gasteiger partial charge in [-0.2, -0.15) is 0 Å². The van der Waals surface area contributed by atoms with Crippen LogP contribution in [0, 0.1) is 10.1 Å². The molecule has 0 bridgehead atoms. The third kappa shape index (κ3) is 4.10. The van der Waals surface area contributed by atoms with Gasteiger partial charge in [0.1, 0.15) is 10.6 Å². The first-order valence-corrected chi connectivity index (χ1v) is 7.62. The molecule has 0 fully saturated rings. The minimum Gasteiger partial charge on any atom is -0.354 e. The van der Waals surface area contributed by atoms with Crippen LogP contribution < -0.4 is 5.32 Å². The molecule has 0 spiro atoms. The van der Waals surface area contributed by atoms with Crippen LogP contribution in [-0.4, -0.2) is 21.4 Å². The number of hydrogen-bond donors (Lipinski definition) is 1. The molecule has 6 nitrogen and oxygen atoms in total. The molecule has 0 aliphatic carbocycles. The SMILES string of the molecule is C[C@@H](CCc1cccn1C)NC(=O)c1cccc(Cl)c1[N+](=O)[O-]. The molecule has 1 aromatic carbocycles. The molecule has 1 atom stereocenters. The topological polar surface area (TPSA) is 77.2 Å². The van der Waals surface area contributed by atoms with Crippen LogP contribution in [0.25, 0.3) is 0 Å². The average molecular weight is 336 g/mol. The molecule has 122 valence electrons. The van der Waals surface area contributed by atoms with Crippen molar-refractivity contribution < 1.29 is 9.72 Å². The lowest BCUT2D eigenvalue weighted by Crippen LogP contribution is -2.33. The lowest BCUT2D eigenvalue weighted by Gasteiger charge is -2.14. The van der Waals surface area contributed by atoms with Gasteiger partial charge in [-0.25, -0.2) is 0 Å². The number of para-hydroxylation sites is 1. The van der Waals surface area contributed by atoms with Gasteiger partial charge >= 0.3 is 5.69 Å². The van der Waals surface area contributed by atoms with Gasteiger partial charge in [0.15, 0.2) is 0 Å². The van der Waals surface area contributed by atoms with E-state index in [9.17, 15) is 14.9 Å². The van der Waals surface area contributed by atoms with Gasteiger partial charge in [0.2, 0.25) is 0 Å². The Balaban J connectivity index is 2.03. The first-order chi connectivity index (χ1) is 10.9. The summed E-state index contributed by atoms with van der Waals surface area (Å²) in [5.74, 6) is -0.487. The summed E-state index contributed by atoms with van der Waals surface area (Å²) in [6.45, 7) is 1.87. The lowest BCUT2D eigenvalue weighted by atomic mass is 10.1. The number of rotatable bonds is 6. The van der Waals surface area contributed by atoms with E-state index in [0.29, 0.717) is 0 Å². The number of amides is 1. The van der Waals surface area contributed by atoms with Crippen molar-refractivity contribution in [3.63, 3.8) is 0 Å². The predicted octanol–water partition coefficient (Wildman–Crippen LogP) is 3.34. The summed E-state index contributed by atoms with van der Waals surface area (Å²) in [5, 5.41) is 13.8. The van der Waals surface area contributed by atoms with Crippen LogP contribution in [0.5, 0.6) is 0 Å². The van der Waals surface area contributed by atoms with Crippen LogP contribution in [-0.2, 0) is 13.5 Å². The Morgan fingerprint density at radius 1 is 1.39 bits per heavy atom. The van der Waals surface area contributed by atoms with E-state index in [1.807, 2.05) is 36.9 Å². The Morgan fingerprint density at radius 2 is 2.13 bits per heavy atom. The fourth-order valence-electron chi connectivity index (χ4n) is 2.38. The van der Waals surface area contributed by atoms with Crippen molar-refractivity contribution in [3.05, 3.63) is 62.9 Å². The number of halogens is 1. The Morgan fingerprint density at radius 3 is 2.74 bits per heavy atom. The maximum Gasteiger partial charge on any atom is 0.300 e. The van der Waals surface area contributed by atoms with Crippen molar-refractivity contribution in [2.24, 2.45) is 7.05 Å². The van der Waals surface area contributed by atoms with E-state index < -0.39 is 10.8 Å². The molecule has 2 aromatic rings. The highest BCUT2D eigenvalue weighted by atomic mass is 35.5. The maximum atomic E-state index is 12.3. The second kappa shape index (κ2) is 7.28. The highest BCUT2D eigenvalue weighted by Gasteiger charge is 2.24. The van der Waals surface area contributed by atoms with Gasteiger partial charge in [-0.3, -0.25) is 14.9 Å². The number of nitro groups is 1. The summed E-state index contributed by atoms with van der Waals surface area (Å²) >= 11 is 5.83. The third-order valence-corrected chi connectivity index (χ3v) is 3.98. The van der Waals surface area contributed by atoms with Gasteiger partial charge in [-0.15, -0.1) is 0 Å². The summed E-state index contributed by atoms with van der Waals surface area (Å²) in [7, 11) is 1.97. The largest absolute Gasteiger partial charge is 0.354 e. The van der Waals surface area contributed by atoms with E-state index in [-0.39, 0.29) is 22.3 Å². The van der Waals surface area contributed by atoms with E-state index in [1.165, 1.54) is 23.9 Å². The number of carbonyl (C=O) groups is 1. The fourth-order valence-corrected chi connectivity index (χ4v) is 2.62. The zero-order chi connectivity index (χ0) is 17.0. The standard InChI is InChI=1S/C16H18ClN3O3/c1-11(8-9-12-5-4-10-19(12)2)18-16(21)13-6-3-7-14(17)15(13)20(22)23/h3-7,10-11H,8-9H2,1-2H3,(H,18,21)/t11-/m0/s1. The van der Waals surface area contributed by atoms with Gasteiger partial charge in [0.05, 0.1) is 4.92 Å². The van der Waals surface area contributed by atoms with E-state index in [2.05, 4.69) is 5.32 Å². The van der Waals surface area contributed by atoms with Gasteiger partial charge < -0.3 is 9.88 Å². The molecule has 7 heteroatoms. The Bertz CT molecular complexity index is 727. The number of carbonyl (C=O) groups excluding carboxylic acids is 1. The molecule has 0 unspecified atom stereocenters. The zero-order valence-corrected chi connectivity index (χ0v) is 13.7. The van der Waals surface area contributed by atoms with Crippen LogP contribution >= 0.6 is 11.6 Å². The van der Waals surface area contributed by atoms with Crippen LogP contribution in [0.15, 0.2) is 36.5 Å². The highest BCUT2D eigenvalue weighted by Crippen LogP contribution is 2.28. The summed E-state index contributed by atoms with van der Waals surface area (Å²) in [6.07, 6.45) is 3.51. The van der Waals surface area contributed by atoms with Crippen molar-refractivity contribution >= 4 is 23.2 Å². The fraction of sp³-hybridized carbons (Fsp3) is 0.312. The average Bonchev–Trinajstić information content (AvgIpc) is 2.89. The molecule has 1 N–H and O–H groups in total. The molecule has 0 saturated heterocycles. The zero-order valence-electron chi connectivity index (χ0n) is 13.0. The van der Waals surface area contributed by atoms with E-state index in [4.69, 9.17) is 11.6 Å². The molecular formula is C16H18ClN3O3. The van der Waals surface area contributed by atoms with Crippen LogP contribution in [0.1, 0.15) is 29.4 Å². The van der Waals surface area contributed by atoms with E-state index >= 15 is 0 Å². The second-order valence-electron chi connectivity index (χ2n) is 5.42. The molecular weight excluding hydrogens is 318 g/mol. The monoisotopic (exact) mass is 335 g/mol. The van der Waals surface area contributed by atoms with Crippen molar-refractivity contribution in [1.29, 1.82) is 0 Å². The summed E-state index contributed by atoms with van der Waals surface area (Å²) in [5.41, 5.74) is 0.786. The molecule has 23 heavy (non-hydrogen) atoms. The number of nitrogens with zero attached hydrogens (tertiary/aromatic N) is 2. The van der Waals surface area contributed by atoms with Crippen molar-refractivity contribution in [2.75, 3.05) is 0 Å². The van der Waals surface area contributed by atoms with E-state index in [0.717, 1.165) is 12.8 Å². The Kier molecular flexibility index (Phi) is 5.39. The smallest absolute Gasteiger partial charge is 0.300 e. The molecule has 1 amide bonds. The molecule has 0 aliphatic heterocycles. The lowest BCUT2D eigenvalue weighted by molar-refractivity contribution is -0.385. The molecule has 0 radical (unpaired) electrons.